The second kappa shape index (κ2) is 8.79. The zero-order valence-corrected chi connectivity index (χ0v) is 13.9. The van der Waals surface area contributed by atoms with Gasteiger partial charge in [-0.15, -0.1) is 0 Å². The molecule has 2 rings (SSSR count). The predicted molar refractivity (Wildman–Crippen MR) is 87.8 cm³/mol. The van der Waals surface area contributed by atoms with E-state index in [1.165, 1.54) is 6.92 Å². The fourth-order valence-electron chi connectivity index (χ4n) is 2.73. The first-order valence-corrected chi connectivity index (χ1v) is 8.08. The van der Waals surface area contributed by atoms with Crippen molar-refractivity contribution in [3.05, 3.63) is 35.4 Å². The van der Waals surface area contributed by atoms with E-state index < -0.39 is 0 Å². The Morgan fingerprint density at radius 1 is 1.09 bits per heavy atom. The first kappa shape index (κ1) is 17.6. The van der Waals surface area contributed by atoms with Gasteiger partial charge in [-0.2, -0.15) is 0 Å². The Hall–Kier alpha value is -1.72. The predicted octanol–water partition coefficient (Wildman–Crippen LogP) is 2.40. The molecule has 0 atom stereocenters. The molecule has 0 saturated carbocycles. The van der Waals surface area contributed by atoms with E-state index in [0.717, 1.165) is 32.5 Å². The highest BCUT2D eigenvalue weighted by atomic mass is 16.5. The third kappa shape index (κ3) is 5.15. The molecule has 1 aromatic rings. The van der Waals surface area contributed by atoms with E-state index in [0.29, 0.717) is 30.3 Å². The van der Waals surface area contributed by atoms with Gasteiger partial charge in [-0.1, -0.05) is 12.1 Å². The highest BCUT2D eigenvalue weighted by Crippen LogP contribution is 2.19. The largest absolute Gasteiger partial charge is 0.382 e. The minimum absolute atomic E-state index is 0.0123. The van der Waals surface area contributed by atoms with Gasteiger partial charge in [0.1, 0.15) is 0 Å². The lowest BCUT2D eigenvalue weighted by Crippen LogP contribution is -2.39. The number of ether oxygens (including phenoxy) is 2. The highest BCUT2D eigenvalue weighted by Gasteiger charge is 2.23. The summed E-state index contributed by atoms with van der Waals surface area (Å²) in [7, 11) is 1.66. The zero-order chi connectivity index (χ0) is 16.7. The lowest BCUT2D eigenvalue weighted by molar-refractivity contribution is 0.0327. The minimum Gasteiger partial charge on any atom is -0.382 e. The number of carbonyl (C=O) groups excluding carboxylic acids is 2. The van der Waals surface area contributed by atoms with Crippen molar-refractivity contribution in [2.75, 3.05) is 40.0 Å². The molecule has 1 aromatic carbocycles. The molecule has 1 amide bonds. The van der Waals surface area contributed by atoms with E-state index in [4.69, 9.17) is 9.47 Å². The molecule has 1 aliphatic heterocycles. The lowest BCUT2D eigenvalue weighted by atomic mass is 9.97. The van der Waals surface area contributed by atoms with Crippen LogP contribution in [0, 0.1) is 5.92 Å². The lowest BCUT2D eigenvalue weighted by Gasteiger charge is -2.32. The van der Waals surface area contributed by atoms with Crippen molar-refractivity contribution >= 4 is 11.7 Å². The van der Waals surface area contributed by atoms with Gasteiger partial charge in [0, 0.05) is 37.9 Å². The molecule has 5 heteroatoms. The van der Waals surface area contributed by atoms with E-state index in [2.05, 4.69) is 0 Å². The van der Waals surface area contributed by atoms with Crippen LogP contribution < -0.4 is 0 Å². The van der Waals surface area contributed by atoms with Gasteiger partial charge >= 0.3 is 0 Å². The van der Waals surface area contributed by atoms with E-state index >= 15 is 0 Å². The van der Waals surface area contributed by atoms with Gasteiger partial charge in [-0.05, 0) is 37.8 Å². The highest BCUT2D eigenvalue weighted by molar-refractivity contribution is 5.97. The monoisotopic (exact) mass is 319 g/mol. The van der Waals surface area contributed by atoms with E-state index in [1.54, 1.807) is 31.4 Å². The van der Waals surface area contributed by atoms with Gasteiger partial charge in [0.25, 0.3) is 5.91 Å². The molecule has 5 nitrogen and oxygen atoms in total. The van der Waals surface area contributed by atoms with Crippen LogP contribution in [0.5, 0.6) is 0 Å². The molecule has 1 aliphatic rings. The molecule has 0 N–H and O–H groups in total. The van der Waals surface area contributed by atoms with Crippen molar-refractivity contribution in [3.63, 3.8) is 0 Å². The molecule has 0 aliphatic carbocycles. The van der Waals surface area contributed by atoms with Gasteiger partial charge in [0.05, 0.1) is 13.2 Å². The summed E-state index contributed by atoms with van der Waals surface area (Å²) in [6, 6.07) is 6.90. The number of hydrogen-bond acceptors (Lipinski definition) is 4. The summed E-state index contributed by atoms with van der Waals surface area (Å²) in [6.45, 7) is 5.01. The molecule has 1 heterocycles. The van der Waals surface area contributed by atoms with Crippen LogP contribution in [-0.4, -0.2) is 56.6 Å². The van der Waals surface area contributed by atoms with Crippen molar-refractivity contribution in [2.45, 2.75) is 19.8 Å². The normalized spacial score (nSPS) is 15.7. The Bertz CT molecular complexity index is 518. The van der Waals surface area contributed by atoms with Crippen molar-refractivity contribution in [1.29, 1.82) is 0 Å². The number of rotatable bonds is 7. The van der Waals surface area contributed by atoms with Gasteiger partial charge in [0.15, 0.2) is 5.78 Å². The van der Waals surface area contributed by atoms with Crippen LogP contribution in [-0.2, 0) is 9.47 Å². The molecule has 1 saturated heterocycles. The fraction of sp³-hybridized carbons (Fsp3) is 0.556. The summed E-state index contributed by atoms with van der Waals surface area (Å²) in [5, 5.41) is 0. The van der Waals surface area contributed by atoms with E-state index in [9.17, 15) is 9.59 Å². The molecule has 0 spiro atoms. The average molecular weight is 319 g/mol. The number of piperidine rings is 1. The number of likely N-dealkylation sites (tertiary alicyclic amines) is 1. The van der Waals surface area contributed by atoms with Crippen molar-refractivity contribution in [3.8, 4) is 0 Å². The van der Waals surface area contributed by atoms with Gasteiger partial charge in [-0.25, -0.2) is 0 Å². The van der Waals surface area contributed by atoms with Crippen LogP contribution >= 0.6 is 0 Å². The molecule has 0 bridgehead atoms. The van der Waals surface area contributed by atoms with Gasteiger partial charge in [-0.3, -0.25) is 9.59 Å². The number of benzene rings is 1. The number of hydrogen-bond donors (Lipinski definition) is 0. The Labute approximate surface area is 137 Å². The summed E-state index contributed by atoms with van der Waals surface area (Å²) in [6.07, 6.45) is 1.93. The molecule has 0 unspecified atom stereocenters. The Kier molecular flexibility index (Phi) is 6.74. The maximum Gasteiger partial charge on any atom is 0.253 e. The minimum atomic E-state index is 0.0123. The summed E-state index contributed by atoms with van der Waals surface area (Å²) in [4.78, 5) is 25.6. The summed E-state index contributed by atoms with van der Waals surface area (Å²) >= 11 is 0. The Morgan fingerprint density at radius 2 is 1.70 bits per heavy atom. The summed E-state index contributed by atoms with van der Waals surface area (Å²) in [5.41, 5.74) is 1.28. The maximum atomic E-state index is 12.5. The van der Waals surface area contributed by atoms with Crippen LogP contribution in [0.1, 0.15) is 40.5 Å². The second-order valence-electron chi connectivity index (χ2n) is 5.94. The molecular weight excluding hydrogens is 294 g/mol. The Balaban J connectivity index is 1.80. The van der Waals surface area contributed by atoms with Crippen LogP contribution in [0.25, 0.3) is 0 Å². The number of amides is 1. The third-order valence-electron chi connectivity index (χ3n) is 4.23. The van der Waals surface area contributed by atoms with Crippen LogP contribution in [0.4, 0.5) is 0 Å². The molecule has 23 heavy (non-hydrogen) atoms. The first-order chi connectivity index (χ1) is 11.1. The molecule has 0 radical (unpaired) electrons. The third-order valence-corrected chi connectivity index (χ3v) is 4.23. The summed E-state index contributed by atoms with van der Waals surface area (Å²) < 4.78 is 10.5. The SMILES string of the molecule is COCCOCC1CCN(C(=O)c2ccc(C(C)=O)cc2)CC1. The number of Topliss-reactive ketones (excluding diaryl/α,β-unsaturated/α-hetero) is 1. The standard InChI is InChI=1S/C18H25NO4/c1-14(20)16-3-5-17(6-4-16)18(21)19-9-7-15(8-10-19)13-23-12-11-22-2/h3-6,15H,7-13H2,1-2H3. The van der Waals surface area contributed by atoms with Crippen LogP contribution in [0.15, 0.2) is 24.3 Å². The number of methoxy groups -OCH3 is 1. The molecule has 1 fully saturated rings. The van der Waals surface area contributed by atoms with Crippen molar-refractivity contribution < 1.29 is 19.1 Å². The quantitative estimate of drug-likeness (QED) is 0.572. The topological polar surface area (TPSA) is 55.8 Å². The van der Waals surface area contributed by atoms with E-state index in [1.807, 2.05) is 4.90 Å². The van der Waals surface area contributed by atoms with Crippen LogP contribution in [0.2, 0.25) is 0 Å². The smallest absolute Gasteiger partial charge is 0.253 e. The van der Waals surface area contributed by atoms with Gasteiger partial charge in [0.2, 0.25) is 0 Å². The maximum absolute atomic E-state index is 12.5. The summed E-state index contributed by atoms with van der Waals surface area (Å²) in [5.74, 6) is 0.563. The first-order valence-electron chi connectivity index (χ1n) is 8.08. The number of nitrogens with zero attached hydrogens (tertiary/aromatic N) is 1. The van der Waals surface area contributed by atoms with Crippen molar-refractivity contribution in [2.24, 2.45) is 5.92 Å². The molecule has 126 valence electrons. The number of ketones is 1. The Morgan fingerprint density at radius 3 is 2.26 bits per heavy atom. The van der Waals surface area contributed by atoms with Gasteiger partial charge < -0.3 is 14.4 Å². The molecular formula is C18H25NO4. The average Bonchev–Trinajstić information content (AvgIpc) is 2.59. The van der Waals surface area contributed by atoms with Crippen LogP contribution in [0.3, 0.4) is 0 Å². The number of carbonyl (C=O) groups is 2. The zero-order valence-electron chi connectivity index (χ0n) is 13.9. The fourth-order valence-corrected chi connectivity index (χ4v) is 2.73. The second-order valence-corrected chi connectivity index (χ2v) is 5.94. The van der Waals surface area contributed by atoms with Crippen molar-refractivity contribution in [1.82, 2.24) is 4.90 Å². The van der Waals surface area contributed by atoms with E-state index in [-0.39, 0.29) is 11.7 Å². The molecule has 0 aromatic heterocycles.